The van der Waals surface area contributed by atoms with Crippen LogP contribution in [0.25, 0.3) is 0 Å². The molecule has 2 saturated heterocycles. The van der Waals surface area contributed by atoms with Gasteiger partial charge in [0.05, 0.1) is 6.10 Å². The largest absolute Gasteiger partial charge is 0.376 e. The first kappa shape index (κ1) is 24.5. The monoisotopic (exact) mass is 477 g/mol. The van der Waals surface area contributed by atoms with Crippen molar-refractivity contribution in [3.8, 4) is 0 Å². The van der Waals surface area contributed by atoms with E-state index in [4.69, 9.17) is 12.6 Å². The summed E-state index contributed by atoms with van der Waals surface area (Å²) in [5.74, 6) is -0.00559. The van der Waals surface area contributed by atoms with Gasteiger partial charge in [0.15, 0.2) is 0 Å². The summed E-state index contributed by atoms with van der Waals surface area (Å²) in [5, 5.41) is 6.26. The van der Waals surface area contributed by atoms with E-state index < -0.39 is 11.9 Å². The smallest absolute Gasteiger partial charge is 0.255 e. The molecular weight excluding hydrogens is 441 g/mol. The van der Waals surface area contributed by atoms with Crippen molar-refractivity contribution in [3.63, 3.8) is 0 Å². The fourth-order valence-electron chi connectivity index (χ4n) is 6.38. The van der Waals surface area contributed by atoms with Gasteiger partial charge in [-0.15, -0.1) is 0 Å². The molecule has 35 heavy (non-hydrogen) atoms. The number of ether oxygens (including phenoxy) is 1. The van der Waals surface area contributed by atoms with Crippen molar-refractivity contribution >= 4 is 31.0 Å². The van der Waals surface area contributed by atoms with E-state index in [0.29, 0.717) is 42.5 Å². The molecule has 1 aromatic carbocycles. The van der Waals surface area contributed by atoms with Gasteiger partial charge < -0.3 is 15.0 Å². The average Bonchev–Trinajstić information content (AvgIpc) is 3.19. The quantitative estimate of drug-likeness (QED) is 0.483. The van der Waals surface area contributed by atoms with Gasteiger partial charge in [-0.1, -0.05) is 30.4 Å². The molecule has 4 aliphatic rings. The van der Waals surface area contributed by atoms with Gasteiger partial charge in [-0.05, 0) is 68.9 Å². The molecule has 3 heterocycles. The van der Waals surface area contributed by atoms with Gasteiger partial charge in [-0.2, -0.15) is 0 Å². The first-order chi connectivity index (χ1) is 16.9. The summed E-state index contributed by atoms with van der Waals surface area (Å²) < 4.78 is 6.23. The SMILES string of the molecule is [B]c1c(C[C@H]2OCCCC2NC2CCC(CC)CC2)ccc2c1CN(C1CCC(=O)NC1=O)C2=O. The lowest BCUT2D eigenvalue weighted by Crippen LogP contribution is -2.52. The van der Waals surface area contributed by atoms with Crippen molar-refractivity contribution in [2.45, 2.75) is 102 Å². The van der Waals surface area contributed by atoms with Gasteiger partial charge >= 0.3 is 0 Å². The third kappa shape index (κ3) is 5.05. The van der Waals surface area contributed by atoms with E-state index in [1.54, 1.807) is 4.90 Å². The lowest BCUT2D eigenvalue weighted by atomic mass is 9.80. The van der Waals surface area contributed by atoms with E-state index in [-0.39, 0.29) is 24.3 Å². The van der Waals surface area contributed by atoms with Gasteiger partial charge in [0, 0.05) is 37.2 Å². The first-order valence-corrected chi connectivity index (χ1v) is 13.4. The summed E-state index contributed by atoms with van der Waals surface area (Å²) in [6, 6.07) is 4.02. The third-order valence-electron chi connectivity index (χ3n) is 8.59. The van der Waals surface area contributed by atoms with Gasteiger partial charge in [-0.25, -0.2) is 0 Å². The molecule has 3 aliphatic heterocycles. The van der Waals surface area contributed by atoms with Crippen LogP contribution in [-0.4, -0.2) is 61.3 Å². The van der Waals surface area contributed by atoms with Crippen molar-refractivity contribution in [2.75, 3.05) is 6.61 Å². The van der Waals surface area contributed by atoms with Crippen LogP contribution in [0.2, 0.25) is 0 Å². The maximum Gasteiger partial charge on any atom is 0.255 e. The van der Waals surface area contributed by atoms with Crippen LogP contribution < -0.4 is 16.1 Å². The Morgan fingerprint density at radius 2 is 1.91 bits per heavy atom. The number of benzene rings is 1. The predicted octanol–water partition coefficient (Wildman–Crippen LogP) is 1.89. The summed E-state index contributed by atoms with van der Waals surface area (Å²) >= 11 is 0. The second-order valence-electron chi connectivity index (χ2n) is 10.7. The summed E-state index contributed by atoms with van der Waals surface area (Å²) in [4.78, 5) is 38.5. The molecule has 0 bridgehead atoms. The normalized spacial score (nSPS) is 31.4. The minimum Gasteiger partial charge on any atom is -0.376 e. The topological polar surface area (TPSA) is 87.7 Å². The molecular formula is C27H36BN3O4. The van der Waals surface area contributed by atoms with Crippen molar-refractivity contribution in [3.05, 3.63) is 28.8 Å². The van der Waals surface area contributed by atoms with Crippen molar-refractivity contribution in [2.24, 2.45) is 5.92 Å². The van der Waals surface area contributed by atoms with Crippen molar-refractivity contribution in [1.29, 1.82) is 0 Å². The van der Waals surface area contributed by atoms with Crippen LogP contribution in [0, 0.1) is 5.92 Å². The predicted molar refractivity (Wildman–Crippen MR) is 134 cm³/mol. The number of nitrogens with one attached hydrogen (secondary N) is 2. The zero-order valence-corrected chi connectivity index (χ0v) is 20.7. The first-order valence-electron chi connectivity index (χ1n) is 13.4. The Morgan fingerprint density at radius 3 is 2.66 bits per heavy atom. The average molecular weight is 477 g/mol. The number of piperidine rings is 1. The molecule has 7 nitrogen and oxygen atoms in total. The minimum absolute atomic E-state index is 0.0522. The van der Waals surface area contributed by atoms with Crippen LogP contribution in [0.4, 0.5) is 0 Å². The second-order valence-corrected chi connectivity index (χ2v) is 10.7. The summed E-state index contributed by atoms with van der Waals surface area (Å²) in [5.41, 5.74) is 2.97. The number of rotatable bonds is 6. The van der Waals surface area contributed by atoms with Crippen molar-refractivity contribution < 1.29 is 19.1 Å². The molecule has 186 valence electrons. The Morgan fingerprint density at radius 1 is 1.11 bits per heavy atom. The highest BCUT2D eigenvalue weighted by atomic mass is 16.5. The molecule has 8 heteroatoms. The van der Waals surface area contributed by atoms with E-state index in [1.165, 1.54) is 32.1 Å². The van der Waals surface area contributed by atoms with Gasteiger partial charge in [0.25, 0.3) is 5.91 Å². The number of amides is 3. The molecule has 3 fully saturated rings. The number of imide groups is 1. The number of carbonyl (C=O) groups is 3. The summed E-state index contributed by atoms with van der Waals surface area (Å²) in [7, 11) is 6.61. The maximum absolute atomic E-state index is 13.1. The van der Waals surface area contributed by atoms with Gasteiger partial charge in [0.2, 0.25) is 11.8 Å². The molecule has 3 amide bonds. The lowest BCUT2D eigenvalue weighted by Gasteiger charge is -2.38. The zero-order chi connectivity index (χ0) is 24.5. The van der Waals surface area contributed by atoms with Crippen LogP contribution in [0.5, 0.6) is 0 Å². The summed E-state index contributed by atoms with van der Waals surface area (Å²) in [6.07, 6.45) is 9.88. The Bertz CT molecular complexity index is 991. The van der Waals surface area contributed by atoms with Crippen LogP contribution in [0.15, 0.2) is 12.1 Å². The van der Waals surface area contributed by atoms with Gasteiger partial charge in [0.1, 0.15) is 13.9 Å². The van der Waals surface area contributed by atoms with Crippen molar-refractivity contribution in [1.82, 2.24) is 15.5 Å². The Balaban J connectivity index is 1.27. The fourth-order valence-corrected chi connectivity index (χ4v) is 6.38. The molecule has 1 saturated carbocycles. The van der Waals surface area contributed by atoms with E-state index in [9.17, 15) is 14.4 Å². The second kappa shape index (κ2) is 10.4. The lowest BCUT2D eigenvalue weighted by molar-refractivity contribution is -0.136. The molecule has 0 spiro atoms. The van der Waals surface area contributed by atoms with Crippen LogP contribution in [0.3, 0.4) is 0 Å². The number of hydrogen-bond acceptors (Lipinski definition) is 5. The highest BCUT2D eigenvalue weighted by molar-refractivity contribution is 6.35. The Kier molecular flexibility index (Phi) is 7.30. The third-order valence-corrected chi connectivity index (χ3v) is 8.59. The standard InChI is InChI=1S/C27H36BN3O4/c1-2-16-5-8-18(9-6-16)29-21-4-3-13-35-23(21)14-17-7-10-19-20(25(17)28)15-31(27(19)34)22-11-12-24(32)30-26(22)33/h7,10,16,18,21-23,29H,2-6,8-9,11-15H2,1H3,(H,30,32,33)/t16?,18?,21?,22?,23-/m1/s1. The minimum atomic E-state index is -0.631. The molecule has 2 unspecified atom stereocenters. The molecule has 5 rings (SSSR count). The van der Waals surface area contributed by atoms with Crippen LogP contribution in [0.1, 0.15) is 86.2 Å². The Hall–Kier alpha value is -2.19. The van der Waals surface area contributed by atoms with E-state index in [0.717, 1.165) is 36.5 Å². The molecule has 3 atom stereocenters. The molecule has 2 radical (unpaired) electrons. The summed E-state index contributed by atoms with van der Waals surface area (Å²) in [6.45, 7) is 3.36. The van der Waals surface area contributed by atoms with Crippen LogP contribution >= 0.6 is 0 Å². The highest BCUT2D eigenvalue weighted by Crippen LogP contribution is 2.30. The number of nitrogens with zero attached hydrogens (tertiary/aromatic N) is 1. The highest BCUT2D eigenvalue weighted by Gasteiger charge is 2.40. The van der Waals surface area contributed by atoms with Crippen LogP contribution in [-0.2, 0) is 27.3 Å². The van der Waals surface area contributed by atoms with Gasteiger partial charge in [-0.3, -0.25) is 19.7 Å². The zero-order valence-electron chi connectivity index (χ0n) is 20.7. The van der Waals surface area contributed by atoms with E-state index >= 15 is 0 Å². The molecule has 1 aliphatic carbocycles. The fraction of sp³-hybridized carbons (Fsp3) is 0.667. The number of fused-ring (bicyclic) bond motifs is 1. The van der Waals surface area contributed by atoms with E-state index in [2.05, 4.69) is 17.6 Å². The number of hydrogen-bond donors (Lipinski definition) is 2. The molecule has 0 aromatic heterocycles. The molecule has 2 N–H and O–H groups in total. The maximum atomic E-state index is 13.1. The number of carbonyl (C=O) groups excluding carboxylic acids is 3. The Labute approximate surface area is 209 Å². The molecule has 1 aromatic rings. The van der Waals surface area contributed by atoms with E-state index in [1.807, 2.05) is 12.1 Å².